The van der Waals surface area contributed by atoms with Crippen LogP contribution in [-0.4, -0.2) is 57.5 Å². The van der Waals surface area contributed by atoms with Crippen molar-refractivity contribution in [3.63, 3.8) is 0 Å². The third-order valence-corrected chi connectivity index (χ3v) is 7.92. The summed E-state index contributed by atoms with van der Waals surface area (Å²) in [5.41, 5.74) is 0.474. The second kappa shape index (κ2) is 12.9. The van der Waals surface area contributed by atoms with Crippen molar-refractivity contribution in [3.05, 3.63) is 84.4 Å². The fourth-order valence-corrected chi connectivity index (χ4v) is 5.49. The number of carbonyl (C=O) groups excluding carboxylic acids is 2. The Morgan fingerprint density at radius 2 is 1.48 bits per heavy atom. The van der Waals surface area contributed by atoms with Crippen molar-refractivity contribution in [2.24, 2.45) is 0 Å². The van der Waals surface area contributed by atoms with Gasteiger partial charge in [-0.05, 0) is 69.7 Å². The monoisotopic (exact) mass is 567 g/mol. The van der Waals surface area contributed by atoms with Gasteiger partial charge in [-0.25, -0.2) is 8.42 Å². The number of para-hydroxylation sites is 2. The predicted molar refractivity (Wildman–Crippen MR) is 155 cm³/mol. The van der Waals surface area contributed by atoms with E-state index >= 15 is 0 Å². The quantitative estimate of drug-likeness (QED) is 0.372. The van der Waals surface area contributed by atoms with Crippen molar-refractivity contribution in [2.45, 2.75) is 50.7 Å². The van der Waals surface area contributed by atoms with Gasteiger partial charge in [0.2, 0.25) is 11.8 Å². The number of benzene rings is 3. The van der Waals surface area contributed by atoms with Crippen LogP contribution in [-0.2, 0) is 26.2 Å². The maximum Gasteiger partial charge on any atom is 0.264 e. The molecule has 214 valence electrons. The van der Waals surface area contributed by atoms with Gasteiger partial charge >= 0.3 is 0 Å². The third-order valence-electron chi connectivity index (χ3n) is 6.14. The van der Waals surface area contributed by atoms with Crippen LogP contribution < -0.4 is 19.1 Å². The van der Waals surface area contributed by atoms with Crippen molar-refractivity contribution >= 4 is 27.5 Å². The summed E-state index contributed by atoms with van der Waals surface area (Å²) in [5, 5.41) is 2.91. The summed E-state index contributed by atoms with van der Waals surface area (Å²) in [7, 11) is -1.32. The number of anilines is 1. The Bertz CT molecular complexity index is 1400. The molecule has 0 radical (unpaired) electrons. The van der Waals surface area contributed by atoms with Gasteiger partial charge < -0.3 is 19.7 Å². The number of carbonyl (C=O) groups is 2. The molecule has 3 aromatic rings. The van der Waals surface area contributed by atoms with Gasteiger partial charge in [0.15, 0.2) is 0 Å². The highest BCUT2D eigenvalue weighted by Gasteiger charge is 2.34. The molecule has 1 atom stereocenters. The van der Waals surface area contributed by atoms with E-state index < -0.39 is 34.1 Å². The molecule has 9 nitrogen and oxygen atoms in total. The highest BCUT2D eigenvalue weighted by atomic mass is 32.2. The van der Waals surface area contributed by atoms with Crippen molar-refractivity contribution in [1.82, 2.24) is 10.2 Å². The molecule has 0 aromatic heterocycles. The largest absolute Gasteiger partial charge is 0.497 e. The normalized spacial score (nSPS) is 12.2. The standard InChI is InChI=1S/C30H37N3O6S/c1-22(29(35)31-30(2,3)4)32(20-23-12-8-7-9-13-23)28(34)21-33(26-14-10-11-15-27(26)39-6)40(36,37)25-18-16-24(38-5)17-19-25/h7-19,22H,20-21H2,1-6H3,(H,31,35). The fourth-order valence-electron chi connectivity index (χ4n) is 4.06. The smallest absolute Gasteiger partial charge is 0.264 e. The van der Waals surface area contributed by atoms with Crippen LogP contribution in [0.4, 0.5) is 5.69 Å². The minimum atomic E-state index is -4.24. The second-order valence-corrected chi connectivity index (χ2v) is 12.1. The number of rotatable bonds is 11. The first-order valence-electron chi connectivity index (χ1n) is 12.8. The van der Waals surface area contributed by atoms with E-state index in [0.29, 0.717) is 5.75 Å². The minimum absolute atomic E-state index is 0.0276. The number of sulfonamides is 1. The molecule has 1 N–H and O–H groups in total. The van der Waals surface area contributed by atoms with E-state index in [9.17, 15) is 18.0 Å². The summed E-state index contributed by atoms with van der Waals surface area (Å²) in [6, 6.07) is 20.8. The van der Waals surface area contributed by atoms with E-state index in [-0.39, 0.29) is 28.8 Å². The Balaban J connectivity index is 2.06. The Hall–Kier alpha value is -4.05. The molecule has 0 saturated heterocycles. The molecule has 0 bridgehead atoms. The lowest BCUT2D eigenvalue weighted by Crippen LogP contribution is -2.54. The van der Waals surface area contributed by atoms with Gasteiger partial charge in [-0.15, -0.1) is 0 Å². The Morgan fingerprint density at radius 3 is 2.05 bits per heavy atom. The number of amides is 2. The lowest BCUT2D eigenvalue weighted by atomic mass is 10.1. The summed E-state index contributed by atoms with van der Waals surface area (Å²) in [6.07, 6.45) is 0. The fraction of sp³-hybridized carbons (Fsp3) is 0.333. The second-order valence-electron chi connectivity index (χ2n) is 10.3. The zero-order valence-corrected chi connectivity index (χ0v) is 24.6. The first kappa shape index (κ1) is 30.5. The SMILES string of the molecule is COc1ccc(S(=O)(=O)N(CC(=O)N(Cc2ccccc2)C(C)C(=O)NC(C)(C)C)c2ccccc2OC)cc1. The van der Waals surface area contributed by atoms with Crippen LogP contribution in [0.25, 0.3) is 0 Å². The maximum atomic E-state index is 14.0. The predicted octanol–water partition coefficient (Wildman–Crippen LogP) is 4.23. The molecule has 0 fully saturated rings. The van der Waals surface area contributed by atoms with Crippen molar-refractivity contribution in [1.29, 1.82) is 0 Å². The van der Waals surface area contributed by atoms with Gasteiger partial charge in [-0.2, -0.15) is 0 Å². The number of methoxy groups -OCH3 is 2. The van der Waals surface area contributed by atoms with Crippen molar-refractivity contribution in [2.75, 3.05) is 25.1 Å². The summed E-state index contributed by atoms with van der Waals surface area (Å²) in [6.45, 7) is 6.74. The van der Waals surface area contributed by atoms with Crippen LogP contribution in [0.2, 0.25) is 0 Å². The highest BCUT2D eigenvalue weighted by molar-refractivity contribution is 7.92. The van der Waals surface area contributed by atoms with Gasteiger partial charge in [-0.1, -0.05) is 42.5 Å². The number of nitrogens with one attached hydrogen (secondary N) is 1. The molecule has 0 spiro atoms. The van der Waals surface area contributed by atoms with Crippen LogP contribution in [0.5, 0.6) is 11.5 Å². The van der Waals surface area contributed by atoms with E-state index in [2.05, 4.69) is 5.32 Å². The highest BCUT2D eigenvalue weighted by Crippen LogP contribution is 2.33. The first-order chi connectivity index (χ1) is 18.9. The summed E-state index contributed by atoms with van der Waals surface area (Å²) < 4.78 is 39.6. The Morgan fingerprint density at radius 1 is 0.875 bits per heavy atom. The zero-order valence-electron chi connectivity index (χ0n) is 23.7. The lowest BCUT2D eigenvalue weighted by molar-refractivity contribution is -0.140. The van der Waals surface area contributed by atoms with Crippen LogP contribution in [0.15, 0.2) is 83.8 Å². The molecule has 3 aromatic carbocycles. The minimum Gasteiger partial charge on any atom is -0.497 e. The van der Waals surface area contributed by atoms with E-state index in [0.717, 1.165) is 9.87 Å². The number of nitrogens with zero attached hydrogens (tertiary/aromatic N) is 2. The molecular weight excluding hydrogens is 530 g/mol. The molecule has 0 aliphatic heterocycles. The molecule has 3 rings (SSSR count). The zero-order chi connectivity index (χ0) is 29.5. The van der Waals surface area contributed by atoms with Crippen LogP contribution in [0.1, 0.15) is 33.3 Å². The van der Waals surface area contributed by atoms with Crippen LogP contribution in [0.3, 0.4) is 0 Å². The number of ether oxygens (including phenoxy) is 2. The topological polar surface area (TPSA) is 105 Å². The number of hydrogen-bond donors (Lipinski definition) is 1. The molecule has 2 amide bonds. The molecule has 1 unspecified atom stereocenters. The van der Waals surface area contributed by atoms with Gasteiger partial charge in [-0.3, -0.25) is 13.9 Å². The lowest BCUT2D eigenvalue weighted by Gasteiger charge is -2.33. The van der Waals surface area contributed by atoms with Gasteiger partial charge in [0, 0.05) is 12.1 Å². The Kier molecular flexibility index (Phi) is 9.81. The van der Waals surface area contributed by atoms with Crippen LogP contribution >= 0.6 is 0 Å². The number of hydrogen-bond acceptors (Lipinski definition) is 6. The molecule has 10 heteroatoms. The van der Waals surface area contributed by atoms with Crippen LogP contribution in [0, 0.1) is 0 Å². The summed E-state index contributed by atoms with van der Waals surface area (Å²) in [4.78, 5) is 28.5. The van der Waals surface area contributed by atoms with E-state index in [1.165, 1.54) is 43.4 Å². The van der Waals surface area contributed by atoms with E-state index in [1.54, 1.807) is 31.2 Å². The average molecular weight is 568 g/mol. The molecule has 0 saturated carbocycles. The van der Waals surface area contributed by atoms with Gasteiger partial charge in [0.1, 0.15) is 24.1 Å². The van der Waals surface area contributed by atoms with Gasteiger partial charge in [0.05, 0.1) is 24.8 Å². The average Bonchev–Trinajstić information content (AvgIpc) is 2.93. The Labute approximate surface area is 236 Å². The molecule has 0 aliphatic carbocycles. The van der Waals surface area contributed by atoms with Crippen molar-refractivity contribution < 1.29 is 27.5 Å². The first-order valence-corrected chi connectivity index (χ1v) is 14.3. The molecule has 0 aliphatic rings. The third kappa shape index (κ3) is 7.53. The molecule has 40 heavy (non-hydrogen) atoms. The van der Waals surface area contributed by atoms with Gasteiger partial charge in [0.25, 0.3) is 10.0 Å². The molecule has 0 heterocycles. The molecular formula is C30H37N3O6S. The summed E-state index contributed by atoms with van der Waals surface area (Å²) in [5.74, 6) is -0.130. The van der Waals surface area contributed by atoms with E-state index in [1.807, 2.05) is 51.1 Å². The summed E-state index contributed by atoms with van der Waals surface area (Å²) >= 11 is 0. The maximum absolute atomic E-state index is 14.0. The van der Waals surface area contributed by atoms with Crippen molar-refractivity contribution in [3.8, 4) is 11.5 Å². The van der Waals surface area contributed by atoms with E-state index in [4.69, 9.17) is 9.47 Å².